The molecule has 0 radical (unpaired) electrons. The predicted molar refractivity (Wildman–Crippen MR) is 72.2 cm³/mol. The van der Waals surface area contributed by atoms with E-state index >= 15 is 0 Å². The lowest BCUT2D eigenvalue weighted by atomic mass is 10.2. The second-order valence-electron chi connectivity index (χ2n) is 2.82. The molecule has 17 heavy (non-hydrogen) atoms. The van der Waals surface area contributed by atoms with Crippen molar-refractivity contribution in [2.45, 2.75) is 48.0 Å². The van der Waals surface area contributed by atoms with E-state index in [-0.39, 0.29) is 5.97 Å². The first-order valence-electron chi connectivity index (χ1n) is 6.34. The van der Waals surface area contributed by atoms with Crippen molar-refractivity contribution >= 4 is 5.97 Å². The number of aryl methyl sites for hydroxylation is 1. The van der Waals surface area contributed by atoms with Crippen molar-refractivity contribution in [1.29, 1.82) is 0 Å². The summed E-state index contributed by atoms with van der Waals surface area (Å²) in [5, 5.41) is 0. The number of carbonyl (C=O) groups is 1. The molecule has 0 aromatic carbocycles. The van der Waals surface area contributed by atoms with Crippen LogP contribution in [-0.2, 0) is 4.74 Å². The Kier molecular flexibility index (Phi) is 13.4. The van der Waals surface area contributed by atoms with Crippen LogP contribution in [0.1, 0.15) is 57.1 Å². The molecule has 0 atom stereocenters. The minimum absolute atomic E-state index is 0.297. The van der Waals surface area contributed by atoms with E-state index in [4.69, 9.17) is 4.74 Å². The second-order valence-corrected chi connectivity index (χ2v) is 2.82. The van der Waals surface area contributed by atoms with Crippen molar-refractivity contribution in [3.8, 4) is 0 Å². The third kappa shape index (κ3) is 8.43. The van der Waals surface area contributed by atoms with Gasteiger partial charge in [-0.2, -0.15) is 0 Å². The van der Waals surface area contributed by atoms with E-state index in [9.17, 15) is 4.79 Å². The second kappa shape index (κ2) is 12.7. The number of aromatic nitrogens is 1. The standard InChI is InChI=1S/C10H13NO2.2C2H6/c1-3-6-13-10(12)9-5-4-8(2)11-7-9;2*1-2/h4-5,7H,3,6H2,1-2H3;2*1-2H3. The molecule has 0 aliphatic carbocycles. The summed E-state index contributed by atoms with van der Waals surface area (Å²) in [6, 6.07) is 3.52. The molecule has 0 fully saturated rings. The Morgan fingerprint density at radius 1 is 1.24 bits per heavy atom. The summed E-state index contributed by atoms with van der Waals surface area (Å²) in [5.74, 6) is -0.297. The Labute approximate surface area is 105 Å². The van der Waals surface area contributed by atoms with Crippen LogP contribution in [0.15, 0.2) is 18.3 Å². The van der Waals surface area contributed by atoms with Gasteiger partial charge in [-0.1, -0.05) is 34.6 Å². The van der Waals surface area contributed by atoms with E-state index < -0.39 is 0 Å². The van der Waals surface area contributed by atoms with Gasteiger partial charge in [0, 0.05) is 11.9 Å². The summed E-state index contributed by atoms with van der Waals surface area (Å²) < 4.78 is 4.94. The summed E-state index contributed by atoms with van der Waals surface area (Å²) in [7, 11) is 0. The van der Waals surface area contributed by atoms with Gasteiger partial charge >= 0.3 is 5.97 Å². The molecule has 1 heterocycles. The number of esters is 1. The fraction of sp³-hybridized carbons (Fsp3) is 0.571. The molecule has 1 aromatic rings. The van der Waals surface area contributed by atoms with E-state index in [1.165, 1.54) is 6.20 Å². The summed E-state index contributed by atoms with van der Waals surface area (Å²) in [6.45, 7) is 12.3. The molecule has 0 bridgehead atoms. The summed E-state index contributed by atoms with van der Waals surface area (Å²) in [4.78, 5) is 15.3. The molecule has 0 aliphatic heterocycles. The van der Waals surface area contributed by atoms with Crippen LogP contribution in [-0.4, -0.2) is 17.6 Å². The lowest BCUT2D eigenvalue weighted by molar-refractivity contribution is 0.0504. The highest BCUT2D eigenvalue weighted by molar-refractivity contribution is 5.88. The zero-order chi connectivity index (χ0) is 13.7. The average Bonchev–Trinajstić information content (AvgIpc) is 2.41. The maximum atomic E-state index is 11.3. The molecule has 1 rings (SSSR count). The number of hydrogen-bond donors (Lipinski definition) is 0. The molecular formula is C14H25NO2. The molecule has 0 amide bonds. The summed E-state index contributed by atoms with van der Waals surface area (Å²) in [6.07, 6.45) is 2.37. The van der Waals surface area contributed by atoms with Crippen LogP contribution in [0.2, 0.25) is 0 Å². The van der Waals surface area contributed by atoms with Crippen LogP contribution in [0.4, 0.5) is 0 Å². The number of pyridine rings is 1. The van der Waals surface area contributed by atoms with Gasteiger partial charge in [0.25, 0.3) is 0 Å². The van der Waals surface area contributed by atoms with Gasteiger partial charge in [-0.25, -0.2) is 4.79 Å². The first-order chi connectivity index (χ1) is 8.24. The Morgan fingerprint density at radius 2 is 1.82 bits per heavy atom. The third-order valence-electron chi connectivity index (χ3n) is 1.58. The van der Waals surface area contributed by atoms with Crippen LogP contribution in [0.25, 0.3) is 0 Å². The smallest absolute Gasteiger partial charge is 0.339 e. The molecule has 0 saturated heterocycles. The maximum absolute atomic E-state index is 11.3. The zero-order valence-corrected chi connectivity index (χ0v) is 11.9. The fourth-order valence-electron chi connectivity index (χ4n) is 0.867. The molecule has 3 nitrogen and oxygen atoms in total. The van der Waals surface area contributed by atoms with Crippen molar-refractivity contribution in [1.82, 2.24) is 4.98 Å². The van der Waals surface area contributed by atoms with Crippen molar-refractivity contribution in [2.24, 2.45) is 0 Å². The van der Waals surface area contributed by atoms with Crippen molar-refractivity contribution in [2.75, 3.05) is 6.61 Å². The van der Waals surface area contributed by atoms with Crippen LogP contribution >= 0.6 is 0 Å². The number of nitrogens with zero attached hydrogens (tertiary/aromatic N) is 1. The Bertz CT molecular complexity index is 281. The largest absolute Gasteiger partial charge is 0.462 e. The molecule has 0 saturated carbocycles. The van der Waals surface area contributed by atoms with Crippen molar-refractivity contribution in [3.05, 3.63) is 29.6 Å². The number of carbonyl (C=O) groups excluding carboxylic acids is 1. The lowest BCUT2D eigenvalue weighted by Crippen LogP contribution is -2.06. The molecule has 0 N–H and O–H groups in total. The van der Waals surface area contributed by atoms with E-state index in [1.54, 1.807) is 12.1 Å². The Morgan fingerprint density at radius 3 is 2.24 bits per heavy atom. The first kappa shape index (κ1) is 18.0. The van der Waals surface area contributed by atoms with Crippen LogP contribution in [0, 0.1) is 6.92 Å². The van der Waals surface area contributed by atoms with Crippen LogP contribution in [0.5, 0.6) is 0 Å². The van der Waals surface area contributed by atoms with Crippen molar-refractivity contribution < 1.29 is 9.53 Å². The van der Waals surface area contributed by atoms with E-state index in [1.807, 2.05) is 41.5 Å². The van der Waals surface area contributed by atoms with Gasteiger partial charge in [-0.15, -0.1) is 0 Å². The van der Waals surface area contributed by atoms with Gasteiger partial charge in [0.05, 0.1) is 12.2 Å². The maximum Gasteiger partial charge on any atom is 0.339 e. The lowest BCUT2D eigenvalue weighted by Gasteiger charge is -2.01. The van der Waals surface area contributed by atoms with Gasteiger partial charge in [0.15, 0.2) is 0 Å². The topological polar surface area (TPSA) is 39.2 Å². The summed E-state index contributed by atoms with van der Waals surface area (Å²) in [5.41, 5.74) is 1.41. The molecule has 0 aliphatic rings. The van der Waals surface area contributed by atoms with Gasteiger partial charge in [-0.05, 0) is 25.5 Å². The molecular weight excluding hydrogens is 214 g/mol. The van der Waals surface area contributed by atoms with Gasteiger partial charge in [0.2, 0.25) is 0 Å². The van der Waals surface area contributed by atoms with E-state index in [0.717, 1.165) is 12.1 Å². The molecule has 1 aromatic heterocycles. The average molecular weight is 239 g/mol. The molecule has 0 spiro atoms. The molecule has 0 unspecified atom stereocenters. The van der Waals surface area contributed by atoms with Crippen LogP contribution in [0.3, 0.4) is 0 Å². The van der Waals surface area contributed by atoms with Crippen LogP contribution < -0.4 is 0 Å². The van der Waals surface area contributed by atoms with Gasteiger partial charge in [0.1, 0.15) is 0 Å². The SMILES string of the molecule is CC.CC.CCCOC(=O)c1ccc(C)nc1. The highest BCUT2D eigenvalue weighted by Crippen LogP contribution is 2.01. The highest BCUT2D eigenvalue weighted by Gasteiger charge is 2.05. The minimum Gasteiger partial charge on any atom is -0.462 e. The van der Waals surface area contributed by atoms with Crippen molar-refractivity contribution in [3.63, 3.8) is 0 Å². The molecule has 98 valence electrons. The number of ether oxygens (including phenoxy) is 1. The monoisotopic (exact) mass is 239 g/mol. The van der Waals surface area contributed by atoms with Gasteiger partial charge in [-0.3, -0.25) is 4.98 Å². The van der Waals surface area contributed by atoms with E-state index in [2.05, 4.69) is 4.98 Å². The Balaban J connectivity index is 0. The molecule has 3 heteroatoms. The van der Waals surface area contributed by atoms with E-state index in [0.29, 0.717) is 12.2 Å². The fourth-order valence-corrected chi connectivity index (χ4v) is 0.867. The minimum atomic E-state index is -0.297. The summed E-state index contributed by atoms with van der Waals surface area (Å²) >= 11 is 0. The normalized spacial score (nSPS) is 8.12. The van der Waals surface area contributed by atoms with Gasteiger partial charge < -0.3 is 4.74 Å². The Hall–Kier alpha value is -1.38. The first-order valence-corrected chi connectivity index (χ1v) is 6.34. The quantitative estimate of drug-likeness (QED) is 0.748. The number of rotatable bonds is 3. The highest BCUT2D eigenvalue weighted by atomic mass is 16.5. The number of hydrogen-bond acceptors (Lipinski definition) is 3. The zero-order valence-electron chi connectivity index (χ0n) is 11.9. The third-order valence-corrected chi connectivity index (χ3v) is 1.58. The predicted octanol–water partition coefficient (Wildman–Crippen LogP) is 4.01.